The van der Waals surface area contributed by atoms with Crippen molar-refractivity contribution in [1.82, 2.24) is 10.6 Å². The molecular weight excluding hydrogens is 636 g/mol. The third-order valence-electron chi connectivity index (χ3n) is 8.25. The zero-order valence-electron chi connectivity index (χ0n) is 20.6. The normalized spacial score (nSPS) is 29.0. The number of hydrogen-bond acceptors (Lipinski definition) is 4. The Kier molecular flexibility index (Phi) is 7.22. The molecule has 38 heavy (non-hydrogen) atoms. The minimum Gasteiger partial charge on any atom is -0.490 e. The van der Waals surface area contributed by atoms with E-state index in [-0.39, 0.29) is 36.2 Å². The first-order valence-corrected chi connectivity index (χ1v) is 14.8. The number of fused-ring (bicyclic) bond motifs is 2. The fourth-order valence-electron chi connectivity index (χ4n) is 6.59. The summed E-state index contributed by atoms with van der Waals surface area (Å²) in [6, 6.07) is 10.9. The van der Waals surface area contributed by atoms with Crippen LogP contribution in [-0.4, -0.2) is 31.0 Å². The third-order valence-corrected chi connectivity index (χ3v) is 9.43. The van der Waals surface area contributed by atoms with Crippen molar-refractivity contribution in [3.8, 4) is 5.75 Å². The van der Waals surface area contributed by atoms with E-state index in [1.807, 2.05) is 42.5 Å². The molecular formula is C29H28Cl2IN3O3. The van der Waals surface area contributed by atoms with E-state index < -0.39 is 11.5 Å². The van der Waals surface area contributed by atoms with Gasteiger partial charge in [-0.15, -0.1) is 0 Å². The summed E-state index contributed by atoms with van der Waals surface area (Å²) >= 11 is 15.1. The molecule has 6 nitrogen and oxygen atoms in total. The Hall–Kier alpha value is -2.07. The molecule has 2 fully saturated rings. The van der Waals surface area contributed by atoms with E-state index >= 15 is 0 Å². The molecule has 0 bridgehead atoms. The summed E-state index contributed by atoms with van der Waals surface area (Å²) in [5.74, 6) is 0.0500. The Bertz CT molecular complexity index is 1360. The third kappa shape index (κ3) is 4.55. The number of allylic oxidation sites excluding steroid dienone is 4. The van der Waals surface area contributed by atoms with Crippen LogP contribution in [0.25, 0.3) is 0 Å². The van der Waals surface area contributed by atoms with Gasteiger partial charge >= 0.3 is 0 Å². The van der Waals surface area contributed by atoms with Crippen LogP contribution in [0.3, 0.4) is 0 Å². The van der Waals surface area contributed by atoms with Crippen molar-refractivity contribution >= 4 is 63.3 Å². The smallest absolute Gasteiger partial charge is 0.237 e. The first-order chi connectivity index (χ1) is 18.4. The van der Waals surface area contributed by atoms with E-state index in [0.29, 0.717) is 27.9 Å². The van der Waals surface area contributed by atoms with Crippen LogP contribution in [0.4, 0.5) is 5.69 Å². The maximum absolute atomic E-state index is 14.3. The average Bonchev–Trinajstić information content (AvgIpc) is 3.18. The molecule has 2 aromatic carbocycles. The van der Waals surface area contributed by atoms with E-state index in [2.05, 4.69) is 44.6 Å². The van der Waals surface area contributed by atoms with Crippen LogP contribution in [0.1, 0.15) is 42.9 Å². The highest BCUT2D eigenvalue weighted by Gasteiger charge is 2.62. The van der Waals surface area contributed by atoms with Gasteiger partial charge in [-0.05, 0) is 109 Å². The van der Waals surface area contributed by atoms with E-state index in [1.54, 1.807) is 6.07 Å². The van der Waals surface area contributed by atoms with E-state index in [1.165, 1.54) is 0 Å². The largest absolute Gasteiger partial charge is 0.490 e. The van der Waals surface area contributed by atoms with Crippen molar-refractivity contribution in [2.75, 3.05) is 18.4 Å². The Morgan fingerprint density at radius 3 is 2.63 bits per heavy atom. The first-order valence-electron chi connectivity index (χ1n) is 13.0. The van der Waals surface area contributed by atoms with Crippen molar-refractivity contribution < 1.29 is 14.3 Å². The van der Waals surface area contributed by atoms with Crippen LogP contribution in [0.15, 0.2) is 59.7 Å². The molecule has 4 aliphatic rings. The van der Waals surface area contributed by atoms with Gasteiger partial charge in [-0.1, -0.05) is 41.4 Å². The molecule has 2 aromatic rings. The summed E-state index contributed by atoms with van der Waals surface area (Å²) in [6.07, 6.45) is 8.53. The molecule has 4 atom stereocenters. The van der Waals surface area contributed by atoms with Gasteiger partial charge in [0.1, 0.15) is 17.3 Å². The lowest BCUT2D eigenvalue weighted by molar-refractivity contribution is -0.135. The summed E-state index contributed by atoms with van der Waals surface area (Å²) in [7, 11) is 0. The van der Waals surface area contributed by atoms with Gasteiger partial charge in [0.05, 0.1) is 6.04 Å². The van der Waals surface area contributed by atoms with Crippen molar-refractivity contribution in [3.05, 3.63) is 79.4 Å². The fourth-order valence-corrected chi connectivity index (χ4v) is 7.53. The molecule has 2 saturated heterocycles. The zero-order chi connectivity index (χ0) is 26.4. The molecule has 1 unspecified atom stereocenters. The number of carbonyl (C=O) groups excluding carboxylic acids is 2. The molecule has 0 radical (unpaired) electrons. The van der Waals surface area contributed by atoms with Gasteiger partial charge in [-0.25, -0.2) is 0 Å². The quantitative estimate of drug-likeness (QED) is 0.359. The maximum atomic E-state index is 14.3. The lowest BCUT2D eigenvalue weighted by Gasteiger charge is -2.49. The molecule has 3 aliphatic heterocycles. The lowest BCUT2D eigenvalue weighted by Crippen LogP contribution is -2.59. The summed E-state index contributed by atoms with van der Waals surface area (Å²) in [4.78, 5) is 27.7. The highest BCUT2D eigenvalue weighted by molar-refractivity contribution is 14.1. The lowest BCUT2D eigenvalue weighted by atomic mass is 9.57. The van der Waals surface area contributed by atoms with E-state index in [0.717, 1.165) is 40.6 Å². The van der Waals surface area contributed by atoms with Crippen molar-refractivity contribution in [2.24, 2.45) is 11.8 Å². The summed E-state index contributed by atoms with van der Waals surface area (Å²) in [5.41, 5.74) is 1.26. The predicted molar refractivity (Wildman–Crippen MR) is 158 cm³/mol. The maximum Gasteiger partial charge on any atom is 0.237 e. The number of nitrogens with one attached hydrogen (secondary N) is 3. The number of benzene rings is 2. The monoisotopic (exact) mass is 663 g/mol. The van der Waals surface area contributed by atoms with Gasteiger partial charge in [-0.3, -0.25) is 9.59 Å². The average molecular weight is 664 g/mol. The summed E-state index contributed by atoms with van der Waals surface area (Å²) < 4.78 is 7.58. The molecule has 1 spiro atoms. The van der Waals surface area contributed by atoms with Crippen molar-refractivity contribution in [1.29, 1.82) is 0 Å². The standard InChI is InChI=1S/C29H28Cl2IN3O3/c30-17-3-1-2-16(12-17)23-15-26(36)35-27(29(23)22-6-4-18(31)13-24(22)34-28(29)37)21-14-19(32)5-7-25(21)38-20-8-10-33-11-9-20/h1-7,13-14,16,20,23,27,33H,8-12,15H2,(H,34,37)(H,35,36)/t16?,23-,27+,29-/m0/s1. The molecule has 0 saturated carbocycles. The van der Waals surface area contributed by atoms with Crippen LogP contribution in [0.2, 0.25) is 5.02 Å². The zero-order valence-corrected chi connectivity index (χ0v) is 24.3. The number of amides is 2. The van der Waals surface area contributed by atoms with Gasteiger partial charge in [0.25, 0.3) is 0 Å². The Morgan fingerprint density at radius 1 is 1.03 bits per heavy atom. The van der Waals surface area contributed by atoms with Gasteiger partial charge in [-0.2, -0.15) is 0 Å². The summed E-state index contributed by atoms with van der Waals surface area (Å²) in [5, 5.41) is 11.0. The second kappa shape index (κ2) is 10.5. The highest BCUT2D eigenvalue weighted by atomic mass is 127. The topological polar surface area (TPSA) is 79.5 Å². The fraction of sp³-hybridized carbons (Fsp3) is 0.379. The number of anilines is 1. The van der Waals surface area contributed by atoms with Gasteiger partial charge < -0.3 is 20.7 Å². The molecule has 2 amide bonds. The van der Waals surface area contributed by atoms with Gasteiger partial charge in [0, 0.05) is 31.3 Å². The number of carbonyl (C=O) groups is 2. The van der Waals surface area contributed by atoms with Crippen LogP contribution in [0, 0.1) is 15.4 Å². The summed E-state index contributed by atoms with van der Waals surface area (Å²) in [6.45, 7) is 1.80. The minimum absolute atomic E-state index is 0.0646. The Balaban J connectivity index is 1.54. The van der Waals surface area contributed by atoms with Crippen molar-refractivity contribution in [2.45, 2.75) is 43.2 Å². The molecule has 1 aliphatic carbocycles. The SMILES string of the molecule is O=C1C[C@@H](C2C=CC=C(Cl)C2)[C@]2(C(=O)Nc3cc(Cl)ccc32)[C@@H](c2cc(I)ccc2OC2CCNCC2)N1. The molecule has 3 N–H and O–H groups in total. The molecule has 3 heterocycles. The number of piperidine rings is 2. The Morgan fingerprint density at radius 2 is 1.84 bits per heavy atom. The predicted octanol–water partition coefficient (Wildman–Crippen LogP) is 5.84. The molecule has 0 aromatic heterocycles. The minimum atomic E-state index is -1.08. The van der Waals surface area contributed by atoms with Gasteiger partial charge in [0.2, 0.25) is 11.8 Å². The Labute approximate surface area is 245 Å². The first kappa shape index (κ1) is 26.2. The van der Waals surface area contributed by atoms with Crippen LogP contribution < -0.4 is 20.7 Å². The number of hydrogen-bond donors (Lipinski definition) is 3. The second-order valence-electron chi connectivity index (χ2n) is 10.4. The van der Waals surface area contributed by atoms with Crippen molar-refractivity contribution in [3.63, 3.8) is 0 Å². The second-order valence-corrected chi connectivity index (χ2v) is 12.6. The van der Waals surface area contributed by atoms with Crippen LogP contribution in [-0.2, 0) is 15.0 Å². The van der Waals surface area contributed by atoms with E-state index in [4.69, 9.17) is 27.9 Å². The van der Waals surface area contributed by atoms with E-state index in [9.17, 15) is 9.59 Å². The van der Waals surface area contributed by atoms with Crippen LogP contribution >= 0.6 is 45.8 Å². The molecule has 9 heteroatoms. The molecule has 6 rings (SSSR count). The van der Waals surface area contributed by atoms with Crippen LogP contribution in [0.5, 0.6) is 5.75 Å². The van der Waals surface area contributed by atoms with Gasteiger partial charge in [0.15, 0.2) is 0 Å². The number of ether oxygens (including phenoxy) is 1. The number of halogens is 3. The highest BCUT2D eigenvalue weighted by Crippen LogP contribution is 2.58. The number of rotatable bonds is 4. The molecule has 198 valence electrons.